The molecule has 1 amide bonds. The van der Waals surface area contributed by atoms with Crippen LogP contribution in [0.2, 0.25) is 0 Å². The fraction of sp³-hybridized carbons (Fsp3) is 0.273. The van der Waals surface area contributed by atoms with Crippen molar-refractivity contribution in [3.63, 3.8) is 0 Å². The van der Waals surface area contributed by atoms with Gasteiger partial charge in [-0.15, -0.1) is 11.3 Å². The van der Waals surface area contributed by atoms with Crippen molar-refractivity contribution in [2.24, 2.45) is 0 Å². The third-order valence-corrected chi connectivity index (χ3v) is 3.26. The highest BCUT2D eigenvalue weighted by Gasteiger charge is 2.26. The Balaban J connectivity index is 1.71. The van der Waals surface area contributed by atoms with Gasteiger partial charge in [-0.25, -0.2) is 4.98 Å². The Morgan fingerprint density at radius 3 is 3.12 bits per heavy atom. The molecule has 5 heteroatoms. The third kappa shape index (κ3) is 1.86. The summed E-state index contributed by atoms with van der Waals surface area (Å²) in [5, 5.41) is 5.37. The summed E-state index contributed by atoms with van der Waals surface area (Å²) in [6.07, 6.45) is 3.91. The number of nitrogens with one attached hydrogen (secondary N) is 1. The Morgan fingerprint density at radius 1 is 1.56 bits per heavy atom. The number of anilines is 1. The smallest absolute Gasteiger partial charge is 0.293 e. The Hall–Kier alpha value is -1.62. The maximum Gasteiger partial charge on any atom is 0.293 e. The molecule has 2 heterocycles. The van der Waals surface area contributed by atoms with Crippen LogP contribution in [0, 0.1) is 0 Å². The van der Waals surface area contributed by atoms with Crippen LogP contribution in [-0.2, 0) is 0 Å². The lowest BCUT2D eigenvalue weighted by molar-refractivity contribution is 0.0996. The summed E-state index contributed by atoms with van der Waals surface area (Å²) in [6, 6.07) is 3.32. The van der Waals surface area contributed by atoms with Gasteiger partial charge in [0, 0.05) is 11.3 Å². The minimum Gasteiger partial charge on any atom is -0.459 e. The minimum absolute atomic E-state index is 0.248. The van der Waals surface area contributed by atoms with E-state index >= 15 is 0 Å². The molecule has 82 valence electrons. The fourth-order valence-corrected chi connectivity index (χ4v) is 2.26. The molecule has 16 heavy (non-hydrogen) atoms. The van der Waals surface area contributed by atoms with Gasteiger partial charge >= 0.3 is 0 Å². The van der Waals surface area contributed by atoms with E-state index in [1.54, 1.807) is 12.1 Å². The van der Waals surface area contributed by atoms with E-state index < -0.39 is 0 Å². The number of thiazole rings is 1. The van der Waals surface area contributed by atoms with E-state index in [1.807, 2.05) is 5.38 Å². The van der Waals surface area contributed by atoms with E-state index in [2.05, 4.69) is 10.3 Å². The standard InChI is InChI=1S/C11H10N2O2S/c14-10(9-2-1-5-15-9)13-11-12-8(6-16-11)7-3-4-7/h1-2,5-7H,3-4H2,(H,12,13,14). The fourth-order valence-electron chi connectivity index (χ4n) is 1.48. The van der Waals surface area contributed by atoms with Gasteiger partial charge in [0.25, 0.3) is 5.91 Å². The molecule has 1 aliphatic carbocycles. The summed E-state index contributed by atoms with van der Waals surface area (Å²) in [6.45, 7) is 0. The van der Waals surface area contributed by atoms with Crippen LogP contribution in [0.4, 0.5) is 5.13 Å². The van der Waals surface area contributed by atoms with E-state index in [-0.39, 0.29) is 5.91 Å². The number of hydrogen-bond donors (Lipinski definition) is 1. The predicted octanol–water partition coefficient (Wildman–Crippen LogP) is 2.87. The summed E-state index contributed by atoms with van der Waals surface area (Å²) >= 11 is 1.46. The number of nitrogens with zero attached hydrogens (tertiary/aromatic N) is 1. The molecule has 1 fully saturated rings. The van der Waals surface area contributed by atoms with Gasteiger partial charge in [-0.1, -0.05) is 0 Å². The van der Waals surface area contributed by atoms with Crippen LogP contribution in [0.1, 0.15) is 35.0 Å². The maximum absolute atomic E-state index is 11.6. The highest BCUT2D eigenvalue weighted by atomic mass is 32.1. The van der Waals surface area contributed by atoms with E-state index in [0.29, 0.717) is 16.8 Å². The number of carbonyl (C=O) groups excluding carboxylic acids is 1. The second-order valence-corrected chi connectivity index (χ2v) is 4.64. The first-order valence-electron chi connectivity index (χ1n) is 5.13. The lowest BCUT2D eigenvalue weighted by atomic mass is 10.3. The van der Waals surface area contributed by atoms with Crippen molar-refractivity contribution in [3.05, 3.63) is 35.2 Å². The molecule has 2 aromatic heterocycles. The van der Waals surface area contributed by atoms with Crippen molar-refractivity contribution in [3.8, 4) is 0 Å². The van der Waals surface area contributed by atoms with Crippen LogP contribution < -0.4 is 5.32 Å². The van der Waals surface area contributed by atoms with Crippen molar-refractivity contribution >= 4 is 22.4 Å². The number of amides is 1. The van der Waals surface area contributed by atoms with Crippen molar-refractivity contribution < 1.29 is 9.21 Å². The van der Waals surface area contributed by atoms with Crippen LogP contribution in [0.25, 0.3) is 0 Å². The minimum atomic E-state index is -0.248. The van der Waals surface area contributed by atoms with Crippen LogP contribution in [0.15, 0.2) is 28.2 Å². The Kier molecular flexibility index (Phi) is 2.25. The number of carbonyl (C=O) groups is 1. The first kappa shape index (κ1) is 9.59. The van der Waals surface area contributed by atoms with E-state index in [4.69, 9.17) is 4.42 Å². The lowest BCUT2D eigenvalue weighted by Crippen LogP contribution is -2.10. The van der Waals surface area contributed by atoms with Crippen LogP contribution in [0.3, 0.4) is 0 Å². The predicted molar refractivity (Wildman–Crippen MR) is 60.8 cm³/mol. The molecular weight excluding hydrogens is 224 g/mol. The van der Waals surface area contributed by atoms with Gasteiger partial charge < -0.3 is 4.42 Å². The Labute approximate surface area is 96.3 Å². The zero-order valence-electron chi connectivity index (χ0n) is 8.47. The SMILES string of the molecule is O=C(Nc1nc(C2CC2)cs1)c1ccco1. The first-order chi connectivity index (χ1) is 7.83. The number of furan rings is 1. The van der Waals surface area contributed by atoms with Crippen LogP contribution in [-0.4, -0.2) is 10.9 Å². The van der Waals surface area contributed by atoms with Gasteiger partial charge in [-0.2, -0.15) is 0 Å². The molecule has 0 spiro atoms. The molecule has 1 aliphatic rings. The van der Waals surface area contributed by atoms with E-state index in [1.165, 1.54) is 30.4 Å². The normalized spacial score (nSPS) is 15.0. The Bertz CT molecular complexity index is 500. The lowest BCUT2D eigenvalue weighted by Gasteiger charge is -1.96. The summed E-state index contributed by atoms with van der Waals surface area (Å²) < 4.78 is 5.00. The molecule has 0 bridgehead atoms. The van der Waals surface area contributed by atoms with Gasteiger partial charge in [0.1, 0.15) is 0 Å². The highest BCUT2D eigenvalue weighted by molar-refractivity contribution is 7.14. The van der Waals surface area contributed by atoms with Crippen molar-refractivity contribution in [2.75, 3.05) is 5.32 Å². The highest BCUT2D eigenvalue weighted by Crippen LogP contribution is 2.40. The molecular formula is C11H10N2O2S. The number of rotatable bonds is 3. The van der Waals surface area contributed by atoms with Crippen molar-refractivity contribution in [2.45, 2.75) is 18.8 Å². The molecule has 4 nitrogen and oxygen atoms in total. The quantitative estimate of drug-likeness (QED) is 0.888. The maximum atomic E-state index is 11.6. The van der Waals surface area contributed by atoms with Gasteiger partial charge in [0.05, 0.1) is 12.0 Å². The first-order valence-corrected chi connectivity index (χ1v) is 6.01. The van der Waals surface area contributed by atoms with Crippen LogP contribution >= 0.6 is 11.3 Å². The topological polar surface area (TPSA) is 55.1 Å². The summed E-state index contributed by atoms with van der Waals surface area (Å²) in [5.41, 5.74) is 1.10. The van der Waals surface area contributed by atoms with Crippen molar-refractivity contribution in [1.82, 2.24) is 4.98 Å². The second kappa shape index (κ2) is 3.75. The summed E-state index contributed by atoms with van der Waals surface area (Å²) in [7, 11) is 0. The average molecular weight is 234 g/mol. The number of hydrogen-bond acceptors (Lipinski definition) is 4. The molecule has 0 unspecified atom stereocenters. The summed E-state index contributed by atoms with van der Waals surface area (Å²) in [5.74, 6) is 0.676. The van der Waals surface area contributed by atoms with E-state index in [9.17, 15) is 4.79 Å². The van der Waals surface area contributed by atoms with Gasteiger partial charge in [-0.05, 0) is 25.0 Å². The largest absolute Gasteiger partial charge is 0.459 e. The molecule has 0 aromatic carbocycles. The molecule has 3 rings (SSSR count). The third-order valence-electron chi connectivity index (χ3n) is 2.48. The molecule has 1 saturated carbocycles. The monoisotopic (exact) mass is 234 g/mol. The molecule has 0 radical (unpaired) electrons. The van der Waals surface area contributed by atoms with Crippen molar-refractivity contribution in [1.29, 1.82) is 0 Å². The molecule has 0 atom stereocenters. The molecule has 0 saturated heterocycles. The second-order valence-electron chi connectivity index (χ2n) is 3.78. The van der Waals surface area contributed by atoms with Crippen LogP contribution in [0.5, 0.6) is 0 Å². The number of aromatic nitrogens is 1. The van der Waals surface area contributed by atoms with E-state index in [0.717, 1.165) is 5.69 Å². The summed E-state index contributed by atoms with van der Waals surface area (Å²) in [4.78, 5) is 16.0. The molecule has 1 N–H and O–H groups in total. The Morgan fingerprint density at radius 2 is 2.44 bits per heavy atom. The molecule has 2 aromatic rings. The zero-order chi connectivity index (χ0) is 11.0. The van der Waals surface area contributed by atoms with Gasteiger partial charge in [0.2, 0.25) is 0 Å². The van der Waals surface area contributed by atoms with Gasteiger partial charge in [0.15, 0.2) is 10.9 Å². The molecule has 0 aliphatic heterocycles. The average Bonchev–Trinajstić information content (AvgIpc) is 2.82. The zero-order valence-corrected chi connectivity index (χ0v) is 9.29. The van der Waals surface area contributed by atoms with Gasteiger partial charge in [-0.3, -0.25) is 10.1 Å².